The van der Waals surface area contributed by atoms with Crippen molar-refractivity contribution in [3.8, 4) is 0 Å². The van der Waals surface area contributed by atoms with Gasteiger partial charge in [-0.3, -0.25) is 0 Å². The average Bonchev–Trinajstić information content (AvgIpc) is 2.50. The predicted octanol–water partition coefficient (Wildman–Crippen LogP) is 2.27. The number of carbonyl (C=O) groups excluding carboxylic acids is 1. The van der Waals surface area contributed by atoms with E-state index in [0.717, 1.165) is 5.56 Å². The van der Waals surface area contributed by atoms with Crippen molar-refractivity contribution in [1.29, 1.82) is 0 Å². The lowest BCUT2D eigenvalue weighted by atomic mass is 9.96. The first-order valence-electron chi connectivity index (χ1n) is 6.99. The number of benzene rings is 1. The molecular formula is C16H17Cl2N3O2. The van der Waals surface area contributed by atoms with Crippen LogP contribution in [-0.2, 0) is 16.1 Å². The van der Waals surface area contributed by atoms with Crippen LogP contribution in [0.3, 0.4) is 0 Å². The maximum atomic E-state index is 11.2. The maximum Gasteiger partial charge on any atom is 0.145 e. The van der Waals surface area contributed by atoms with Crippen molar-refractivity contribution >= 4 is 29.1 Å². The van der Waals surface area contributed by atoms with Crippen LogP contribution in [0.25, 0.3) is 0 Å². The Bertz CT molecular complexity index is 702. The molecule has 0 fully saturated rings. The predicted molar refractivity (Wildman–Crippen MR) is 91.4 cm³/mol. The molecule has 1 aromatic rings. The van der Waals surface area contributed by atoms with Crippen molar-refractivity contribution in [3.63, 3.8) is 0 Å². The topological polar surface area (TPSA) is 90.4 Å². The van der Waals surface area contributed by atoms with Crippen LogP contribution in [0.1, 0.15) is 12.5 Å². The Hall–Kier alpha value is -1.91. The fraction of sp³-hybridized carbons (Fsp3) is 0.250. The van der Waals surface area contributed by atoms with Crippen molar-refractivity contribution in [1.82, 2.24) is 5.32 Å². The first kappa shape index (κ1) is 17.4. The van der Waals surface area contributed by atoms with Crippen molar-refractivity contribution in [2.24, 2.45) is 11.5 Å². The van der Waals surface area contributed by atoms with Gasteiger partial charge in [-0.05, 0) is 36.8 Å². The first-order valence-corrected chi connectivity index (χ1v) is 7.75. The Morgan fingerprint density at radius 2 is 1.91 bits per heavy atom. The molecule has 1 unspecified atom stereocenters. The Kier molecular flexibility index (Phi) is 5.74. The Morgan fingerprint density at radius 1 is 1.26 bits per heavy atom. The number of rotatable bonds is 5. The highest BCUT2D eigenvalue weighted by Crippen LogP contribution is 2.24. The molecular weight excluding hydrogens is 337 g/mol. The van der Waals surface area contributed by atoms with Gasteiger partial charge in [-0.2, -0.15) is 0 Å². The zero-order valence-electron chi connectivity index (χ0n) is 12.5. The number of hydrogen-bond acceptors (Lipinski definition) is 5. The molecule has 1 aliphatic carbocycles. The van der Waals surface area contributed by atoms with Gasteiger partial charge in [0, 0.05) is 16.6 Å². The van der Waals surface area contributed by atoms with Gasteiger partial charge in [0.2, 0.25) is 0 Å². The maximum absolute atomic E-state index is 11.2. The molecule has 23 heavy (non-hydrogen) atoms. The van der Waals surface area contributed by atoms with E-state index in [2.05, 4.69) is 5.32 Å². The SMILES string of the molecule is CCOC1=CC(=C=O)C(NCc2cc(Cl)cc(Cl)c2)C(N)=C1N. The first-order chi connectivity index (χ1) is 11.0. The number of ether oxygens (including phenoxy) is 1. The minimum atomic E-state index is -0.547. The summed E-state index contributed by atoms with van der Waals surface area (Å²) in [6, 6.07) is 4.65. The fourth-order valence-electron chi connectivity index (χ4n) is 2.28. The van der Waals surface area contributed by atoms with Gasteiger partial charge in [-0.25, -0.2) is 4.79 Å². The van der Waals surface area contributed by atoms with Crippen molar-refractivity contribution < 1.29 is 9.53 Å². The molecule has 0 heterocycles. The van der Waals surface area contributed by atoms with E-state index in [9.17, 15) is 4.79 Å². The molecule has 5 nitrogen and oxygen atoms in total. The summed E-state index contributed by atoms with van der Waals surface area (Å²) in [7, 11) is 0. The molecule has 1 aromatic carbocycles. The minimum absolute atomic E-state index is 0.312. The second-order valence-corrected chi connectivity index (χ2v) is 5.83. The van der Waals surface area contributed by atoms with E-state index in [1.165, 1.54) is 0 Å². The third-order valence-electron chi connectivity index (χ3n) is 3.34. The average molecular weight is 354 g/mol. The molecule has 0 spiro atoms. The highest BCUT2D eigenvalue weighted by Gasteiger charge is 2.26. The molecule has 0 radical (unpaired) electrons. The molecule has 1 aliphatic rings. The Labute approximate surface area is 144 Å². The zero-order valence-corrected chi connectivity index (χ0v) is 14.0. The highest BCUT2D eigenvalue weighted by molar-refractivity contribution is 6.34. The summed E-state index contributed by atoms with van der Waals surface area (Å²) >= 11 is 11.9. The van der Waals surface area contributed by atoms with Crippen LogP contribution in [0.4, 0.5) is 0 Å². The van der Waals surface area contributed by atoms with Crippen LogP contribution in [0.15, 0.2) is 47.0 Å². The van der Waals surface area contributed by atoms with E-state index in [1.807, 2.05) is 12.9 Å². The summed E-state index contributed by atoms with van der Waals surface area (Å²) in [5.41, 5.74) is 13.8. The van der Waals surface area contributed by atoms with Crippen molar-refractivity contribution in [3.05, 3.63) is 62.6 Å². The van der Waals surface area contributed by atoms with Crippen molar-refractivity contribution in [2.45, 2.75) is 19.5 Å². The second-order valence-electron chi connectivity index (χ2n) is 4.96. The fourth-order valence-corrected chi connectivity index (χ4v) is 2.85. The standard InChI is InChI=1S/C16H17Cl2N3O2/c1-2-23-13-5-10(8-22)16(15(20)14(13)19)21-7-9-3-11(17)6-12(18)4-9/h3-6,16,21H,2,7,19-20H2,1H3. The van der Waals surface area contributed by atoms with E-state index in [4.69, 9.17) is 39.4 Å². The van der Waals surface area contributed by atoms with Gasteiger partial charge >= 0.3 is 0 Å². The Morgan fingerprint density at radius 3 is 2.48 bits per heavy atom. The smallest absolute Gasteiger partial charge is 0.145 e. The third-order valence-corrected chi connectivity index (χ3v) is 3.77. The summed E-state index contributed by atoms with van der Waals surface area (Å²) < 4.78 is 5.38. The van der Waals surface area contributed by atoms with E-state index in [0.29, 0.717) is 45.9 Å². The van der Waals surface area contributed by atoms with Gasteiger partial charge in [0.25, 0.3) is 0 Å². The summed E-state index contributed by atoms with van der Waals surface area (Å²) in [5.74, 6) is 2.26. The normalized spacial score (nSPS) is 17.8. The van der Waals surface area contributed by atoms with E-state index in [-0.39, 0.29) is 0 Å². The van der Waals surface area contributed by atoms with Crippen molar-refractivity contribution in [2.75, 3.05) is 6.61 Å². The number of nitrogens with two attached hydrogens (primary N) is 2. The molecule has 7 heteroatoms. The van der Waals surface area contributed by atoms with Gasteiger partial charge in [0.05, 0.1) is 29.6 Å². The van der Waals surface area contributed by atoms with Crippen LogP contribution < -0.4 is 16.8 Å². The summed E-state index contributed by atoms with van der Waals surface area (Å²) in [6.45, 7) is 2.65. The molecule has 1 atom stereocenters. The second kappa shape index (κ2) is 7.57. The molecule has 122 valence electrons. The van der Waals surface area contributed by atoms with Gasteiger partial charge in [-0.1, -0.05) is 23.2 Å². The van der Waals surface area contributed by atoms with Crippen LogP contribution in [0.5, 0.6) is 0 Å². The van der Waals surface area contributed by atoms with Gasteiger partial charge < -0.3 is 21.5 Å². The Balaban J connectivity index is 2.20. The quantitative estimate of drug-likeness (QED) is 0.706. The van der Waals surface area contributed by atoms with E-state index in [1.54, 1.807) is 24.3 Å². The number of nitrogens with one attached hydrogen (secondary N) is 1. The summed E-state index contributed by atoms with van der Waals surface area (Å²) in [5, 5.41) is 4.22. The van der Waals surface area contributed by atoms with E-state index >= 15 is 0 Å². The molecule has 0 saturated heterocycles. The minimum Gasteiger partial charge on any atom is -0.492 e. The van der Waals surface area contributed by atoms with Gasteiger partial charge in [-0.15, -0.1) is 0 Å². The molecule has 0 bridgehead atoms. The van der Waals surface area contributed by atoms with Crippen LogP contribution in [0, 0.1) is 0 Å². The number of hydrogen-bond donors (Lipinski definition) is 3. The van der Waals surface area contributed by atoms with Gasteiger partial charge in [0.1, 0.15) is 11.7 Å². The summed E-state index contributed by atoms with van der Waals surface area (Å²) in [4.78, 5) is 11.2. The molecule has 2 rings (SSSR count). The van der Waals surface area contributed by atoms with Crippen LogP contribution >= 0.6 is 23.2 Å². The highest BCUT2D eigenvalue weighted by atomic mass is 35.5. The molecule has 0 aromatic heterocycles. The number of halogens is 2. The monoisotopic (exact) mass is 353 g/mol. The lowest BCUT2D eigenvalue weighted by molar-refractivity contribution is 0.234. The van der Waals surface area contributed by atoms with E-state index < -0.39 is 6.04 Å². The van der Waals surface area contributed by atoms with Crippen LogP contribution in [-0.4, -0.2) is 18.6 Å². The largest absolute Gasteiger partial charge is 0.492 e. The molecule has 5 N–H and O–H groups in total. The lowest BCUT2D eigenvalue weighted by Crippen LogP contribution is -2.40. The zero-order chi connectivity index (χ0) is 17.0. The third kappa shape index (κ3) is 4.09. The molecule has 0 aliphatic heterocycles. The molecule has 0 saturated carbocycles. The molecule has 0 amide bonds. The van der Waals surface area contributed by atoms with Gasteiger partial charge in [0.15, 0.2) is 0 Å². The summed E-state index contributed by atoms with van der Waals surface area (Å²) in [6.07, 6.45) is 1.55. The lowest BCUT2D eigenvalue weighted by Gasteiger charge is -2.25. The van der Waals surface area contributed by atoms with Crippen LogP contribution in [0.2, 0.25) is 10.0 Å².